The number of hydrogen-bond donors (Lipinski definition) is 16. The van der Waals surface area contributed by atoms with Crippen LogP contribution in [0.1, 0.15) is 60.8 Å². The fourth-order valence-corrected chi connectivity index (χ4v) is 18.0. The van der Waals surface area contributed by atoms with Crippen molar-refractivity contribution in [3.05, 3.63) is 144 Å². The maximum absolute atomic E-state index is 10.9. The lowest BCUT2D eigenvalue weighted by Gasteiger charge is -2.71. The molecule has 0 unspecified atom stereocenters. The predicted molar refractivity (Wildman–Crippen MR) is 351 cm³/mol. The Bertz CT molecular complexity index is 3630. The van der Waals surface area contributed by atoms with E-state index in [-0.39, 0.29) is 26.2 Å². The lowest BCUT2D eigenvalue weighted by atomic mass is 9.32. The van der Waals surface area contributed by atoms with E-state index in [1.54, 1.807) is 24.8 Å². The molecule has 4 aromatic carbocycles. The molecule has 544 valence electrons. The number of hydrogen-bond acceptors (Lipinski definition) is 28. The Kier molecular flexibility index (Phi) is 19.0. The van der Waals surface area contributed by atoms with Crippen molar-refractivity contribution in [3.8, 4) is 45.0 Å². The third-order valence-electron chi connectivity index (χ3n) is 22.8. The summed E-state index contributed by atoms with van der Waals surface area (Å²) < 4.78 is 29.1. The van der Waals surface area contributed by atoms with Gasteiger partial charge in [0.2, 0.25) is 0 Å². The van der Waals surface area contributed by atoms with Crippen LogP contribution in [0.2, 0.25) is 0 Å². The van der Waals surface area contributed by atoms with Crippen LogP contribution in [0.3, 0.4) is 0 Å². The van der Waals surface area contributed by atoms with E-state index in [4.69, 9.17) is 18.9 Å². The van der Waals surface area contributed by atoms with Gasteiger partial charge in [-0.2, -0.15) is 0 Å². The number of aromatic nitrogens is 12. The van der Waals surface area contributed by atoms with Gasteiger partial charge in [0.15, 0.2) is 0 Å². The van der Waals surface area contributed by atoms with Gasteiger partial charge in [0.1, 0.15) is 145 Å². The van der Waals surface area contributed by atoms with Crippen LogP contribution in [-0.4, -0.2) is 290 Å². The molecule has 4 aliphatic carbocycles. The molecular weight excluding hydrogens is 1330 g/mol. The van der Waals surface area contributed by atoms with E-state index in [9.17, 15) is 81.7 Å². The molecule has 16 rings (SSSR count). The molecule has 32 heteroatoms. The molecule has 4 aromatic heterocycles. The average Bonchev–Trinajstić information content (AvgIpc) is 0.706. The SMILES string of the molecule is OC[C@H]1O[C@@H](Cn2cc(-c3ccc(C45CC6(c7ccc(-c8cn(C[C@@H]9O[C@H](CO)[C@H](O)[C@H](O)[C@H]9O)nn8)cc7)CC(c7ccc(-c8cn(C[C@@H]9O[C@H](CO)[C@H](O)[C@H](O)[C@H]9O)nn8)cc7)(C4)CC(c4ccc(-c7cn(C[C@@H]8O[C@H](CO)[C@H](O)[C@H](O)[C@H]8O)nn7)cc4)(C5)C6)cc3)nn2)[C@H](O)[C@@H](O)[C@H]1O. The quantitative estimate of drug-likeness (QED) is 0.0352. The maximum Gasteiger partial charge on any atom is 0.113 e. The summed E-state index contributed by atoms with van der Waals surface area (Å²) in [7, 11) is 0. The van der Waals surface area contributed by atoms with Gasteiger partial charge in [-0.25, -0.2) is 18.7 Å². The zero-order valence-electron chi connectivity index (χ0n) is 55.1. The Labute approximate surface area is 582 Å². The lowest BCUT2D eigenvalue weighted by Crippen LogP contribution is -2.67. The van der Waals surface area contributed by atoms with Crippen LogP contribution in [0.15, 0.2) is 122 Å². The highest BCUT2D eigenvalue weighted by atomic mass is 16.6. The van der Waals surface area contributed by atoms with Gasteiger partial charge in [0, 0.05) is 22.3 Å². The van der Waals surface area contributed by atoms with Gasteiger partial charge in [0.05, 0.1) is 77.4 Å². The monoisotopic (exact) mass is 1410 g/mol. The third-order valence-corrected chi connectivity index (χ3v) is 22.8. The van der Waals surface area contributed by atoms with Crippen molar-refractivity contribution >= 4 is 0 Å². The summed E-state index contributed by atoms with van der Waals surface area (Å²) in [5.74, 6) is 0. The van der Waals surface area contributed by atoms with Crippen molar-refractivity contribution in [2.24, 2.45) is 0 Å². The normalized spacial score (nSPS) is 37.5. The van der Waals surface area contributed by atoms with Gasteiger partial charge >= 0.3 is 0 Å². The van der Waals surface area contributed by atoms with E-state index in [1.165, 1.54) is 18.7 Å². The summed E-state index contributed by atoms with van der Waals surface area (Å²) in [6.45, 7) is -2.42. The van der Waals surface area contributed by atoms with Crippen LogP contribution in [0.4, 0.5) is 0 Å². The molecule has 0 amide bonds. The second kappa shape index (κ2) is 27.6. The smallest absolute Gasteiger partial charge is 0.113 e. The van der Waals surface area contributed by atoms with E-state index in [0.29, 0.717) is 22.8 Å². The largest absolute Gasteiger partial charge is 0.394 e. The fraction of sp³-hybridized carbons (Fsp3) is 0.543. The number of ether oxygens (including phenoxy) is 4. The number of benzene rings is 4. The van der Waals surface area contributed by atoms with Crippen LogP contribution in [0, 0.1) is 0 Å². The molecular formula is C70H84N12O20. The van der Waals surface area contributed by atoms with E-state index in [0.717, 1.165) is 83.0 Å². The van der Waals surface area contributed by atoms with Crippen LogP contribution in [0.5, 0.6) is 0 Å². The van der Waals surface area contributed by atoms with E-state index >= 15 is 0 Å². The fourth-order valence-electron chi connectivity index (χ4n) is 18.0. The summed E-state index contributed by atoms with van der Waals surface area (Å²) >= 11 is 0. The van der Waals surface area contributed by atoms with Crippen LogP contribution in [-0.2, 0) is 66.8 Å². The van der Waals surface area contributed by atoms with Crippen LogP contribution < -0.4 is 0 Å². The highest BCUT2D eigenvalue weighted by molar-refractivity contribution is 5.64. The summed E-state index contributed by atoms with van der Waals surface area (Å²) in [6.07, 6.45) is -15.2. The first-order valence-corrected chi connectivity index (χ1v) is 34.3. The number of rotatable bonds is 20. The molecule has 8 aromatic rings. The first-order chi connectivity index (χ1) is 49.0. The van der Waals surface area contributed by atoms with E-state index < -0.39 is 170 Å². The molecule has 4 aliphatic heterocycles. The Balaban J connectivity index is 0.791. The summed E-state index contributed by atoms with van der Waals surface area (Å²) in [6, 6.07) is 33.5. The van der Waals surface area contributed by atoms with Crippen molar-refractivity contribution < 1.29 is 101 Å². The Hall–Kier alpha value is -7.36. The zero-order chi connectivity index (χ0) is 71.3. The minimum absolute atomic E-state index is 0.0338. The highest BCUT2D eigenvalue weighted by Gasteiger charge is 2.69. The molecule has 16 N–H and O–H groups in total. The Morgan fingerprint density at radius 3 is 0.618 bits per heavy atom. The molecule has 4 saturated carbocycles. The first kappa shape index (κ1) is 70.3. The van der Waals surface area contributed by atoms with Crippen molar-refractivity contribution in [1.82, 2.24) is 60.0 Å². The molecule has 8 aliphatic rings. The average molecular weight is 1410 g/mol. The minimum Gasteiger partial charge on any atom is -0.394 e. The van der Waals surface area contributed by atoms with Crippen molar-refractivity contribution in [3.63, 3.8) is 0 Å². The molecule has 8 heterocycles. The molecule has 4 saturated heterocycles. The second-order valence-electron chi connectivity index (χ2n) is 29.3. The van der Waals surface area contributed by atoms with E-state index in [1.807, 2.05) is 48.5 Å². The maximum atomic E-state index is 10.9. The summed E-state index contributed by atoms with van der Waals surface area (Å²) in [4.78, 5) is 0. The lowest BCUT2D eigenvalue weighted by molar-refractivity contribution is -0.232. The Morgan fingerprint density at radius 1 is 0.265 bits per heavy atom. The molecule has 0 radical (unpaired) electrons. The number of aliphatic hydroxyl groups is 16. The van der Waals surface area contributed by atoms with Crippen molar-refractivity contribution in [2.75, 3.05) is 26.4 Å². The van der Waals surface area contributed by atoms with Gasteiger partial charge in [-0.3, -0.25) is 0 Å². The topological polar surface area (TPSA) is 483 Å². The molecule has 32 nitrogen and oxygen atoms in total. The molecule has 102 heavy (non-hydrogen) atoms. The van der Waals surface area contributed by atoms with Gasteiger partial charge in [-0.1, -0.05) is 118 Å². The molecule has 20 atom stereocenters. The zero-order valence-corrected chi connectivity index (χ0v) is 55.1. The standard InChI is InChI=1S/C70H84N12O20/c83-25-51-59(91)63(95)55(87)47(99-51)21-79-17-43(71-75-79)35-1-9-39(10-2-35)67-29-68(40-11-3-36(4-12-40)44-18-80(76-72-44)22-48-56(88)64(96)60(92)52(26-84)100-48)32-69(30-67,41-13-5-37(6-14-41)45-19-81(77-73-45)23-49-57(89)65(97)61(93)53(27-85)101-49)34-70(31-67,33-68)42-15-7-38(8-16-42)46-20-82(78-74-46)24-50-58(90)66(98)62(94)54(28-86)102-50/h1-20,47-66,83-98H,21-34H2/t47-,48-,49-,50-,51+,52+,53+,54+,55-,56-,57-,58-,59-,60-,61-,62-,63+,64+,65+,66+,67?,68?,69?,70?/m0/s1. The first-order valence-electron chi connectivity index (χ1n) is 34.3. The molecule has 4 bridgehead atoms. The van der Waals surface area contributed by atoms with Crippen LogP contribution >= 0.6 is 0 Å². The molecule has 0 spiro atoms. The second-order valence-corrected chi connectivity index (χ2v) is 29.3. The number of nitrogens with zero attached hydrogens (tertiary/aromatic N) is 12. The van der Waals surface area contributed by atoms with Gasteiger partial charge in [-0.05, 0) is 82.4 Å². The summed E-state index contributed by atoms with van der Waals surface area (Å²) in [5.41, 5.74) is 7.52. The van der Waals surface area contributed by atoms with Crippen LogP contribution in [0.25, 0.3) is 45.0 Å². The van der Waals surface area contributed by atoms with Gasteiger partial charge in [0.25, 0.3) is 0 Å². The van der Waals surface area contributed by atoms with Crippen molar-refractivity contribution in [2.45, 2.75) is 208 Å². The Morgan fingerprint density at radius 2 is 0.441 bits per heavy atom. The minimum atomic E-state index is -1.55. The van der Waals surface area contributed by atoms with Gasteiger partial charge < -0.3 is 101 Å². The molecule has 8 fully saturated rings. The predicted octanol–water partition coefficient (Wildman–Crippen LogP) is -3.48. The van der Waals surface area contributed by atoms with Gasteiger partial charge in [-0.15, -0.1) is 20.4 Å². The highest BCUT2D eigenvalue weighted by Crippen LogP contribution is 2.75. The third kappa shape index (κ3) is 12.6. The number of aliphatic hydroxyl groups excluding tert-OH is 16. The van der Waals surface area contributed by atoms with E-state index in [2.05, 4.69) is 89.8 Å². The summed E-state index contributed by atoms with van der Waals surface area (Å²) in [5, 5.41) is 202. The van der Waals surface area contributed by atoms with Crippen molar-refractivity contribution in [1.29, 1.82) is 0 Å².